The zero-order valence-corrected chi connectivity index (χ0v) is 11.2. The number of hydrogen-bond acceptors (Lipinski definition) is 3. The van der Waals surface area contributed by atoms with Crippen LogP contribution in [0.5, 0.6) is 0 Å². The summed E-state index contributed by atoms with van der Waals surface area (Å²) < 4.78 is 6.08. The normalized spacial score (nSPS) is 31.4. The summed E-state index contributed by atoms with van der Waals surface area (Å²) in [4.78, 5) is 14.1. The molecule has 5 heteroatoms. The largest absolute Gasteiger partial charge is 0.465 e. The van der Waals surface area contributed by atoms with Crippen LogP contribution in [0.25, 0.3) is 0 Å². The van der Waals surface area contributed by atoms with Gasteiger partial charge in [-0.15, -0.1) is 11.3 Å². The van der Waals surface area contributed by atoms with Gasteiger partial charge in [0.2, 0.25) is 0 Å². The number of amides is 1. The Kier molecular flexibility index (Phi) is 2.83. The highest BCUT2D eigenvalue weighted by molar-refractivity contribution is 7.10. The molecule has 2 aliphatic rings. The molecule has 1 fully saturated rings. The van der Waals surface area contributed by atoms with Crippen molar-refractivity contribution < 1.29 is 14.6 Å². The van der Waals surface area contributed by atoms with Crippen LogP contribution in [-0.2, 0) is 16.8 Å². The van der Waals surface area contributed by atoms with E-state index in [1.54, 1.807) is 11.3 Å². The van der Waals surface area contributed by atoms with Crippen LogP contribution in [0.2, 0.25) is 0 Å². The lowest BCUT2D eigenvalue weighted by atomic mass is 9.79. The number of fused-ring (bicyclic) bond motifs is 2. The molecule has 2 atom stereocenters. The zero-order chi connectivity index (χ0) is 12.8. The summed E-state index contributed by atoms with van der Waals surface area (Å²) in [6, 6.07) is 2.17. The van der Waals surface area contributed by atoms with Crippen LogP contribution in [-0.4, -0.2) is 35.3 Å². The van der Waals surface area contributed by atoms with Crippen LogP contribution in [0, 0.1) is 0 Å². The van der Waals surface area contributed by atoms with E-state index in [0.717, 1.165) is 25.9 Å². The second-order valence-electron chi connectivity index (χ2n) is 5.13. The Morgan fingerprint density at radius 3 is 3.22 bits per heavy atom. The molecule has 0 saturated carbocycles. The number of likely N-dealkylation sites (tertiary alicyclic amines) is 1. The fourth-order valence-electron chi connectivity index (χ4n) is 3.23. The minimum atomic E-state index is -0.821. The maximum atomic E-state index is 11.1. The second kappa shape index (κ2) is 4.24. The fourth-order valence-corrected chi connectivity index (χ4v) is 4.18. The third-order valence-corrected chi connectivity index (χ3v) is 5.08. The van der Waals surface area contributed by atoms with Gasteiger partial charge in [0.25, 0.3) is 0 Å². The molecular weight excluding hydrogens is 250 g/mol. The number of piperidine rings is 1. The molecule has 2 aliphatic heterocycles. The van der Waals surface area contributed by atoms with Gasteiger partial charge in [-0.25, -0.2) is 4.79 Å². The maximum absolute atomic E-state index is 11.1. The monoisotopic (exact) mass is 267 g/mol. The van der Waals surface area contributed by atoms with Crippen molar-refractivity contribution in [3.63, 3.8) is 0 Å². The molecule has 3 rings (SSSR count). The first kappa shape index (κ1) is 12.0. The van der Waals surface area contributed by atoms with Gasteiger partial charge >= 0.3 is 6.09 Å². The van der Waals surface area contributed by atoms with Crippen molar-refractivity contribution >= 4 is 17.4 Å². The van der Waals surface area contributed by atoms with E-state index in [1.165, 1.54) is 15.3 Å². The molecule has 0 bridgehead atoms. The van der Waals surface area contributed by atoms with Crippen molar-refractivity contribution in [1.82, 2.24) is 4.90 Å². The molecule has 1 N–H and O–H groups in total. The Morgan fingerprint density at radius 1 is 1.67 bits per heavy atom. The van der Waals surface area contributed by atoms with Crippen molar-refractivity contribution in [3.8, 4) is 0 Å². The topological polar surface area (TPSA) is 49.8 Å². The Morgan fingerprint density at radius 2 is 2.50 bits per heavy atom. The summed E-state index contributed by atoms with van der Waals surface area (Å²) in [6.07, 6.45) is 1.71. The van der Waals surface area contributed by atoms with E-state index in [2.05, 4.69) is 11.4 Å². The molecular formula is C13H17NO3S. The molecule has 0 aliphatic carbocycles. The first-order chi connectivity index (χ1) is 8.62. The van der Waals surface area contributed by atoms with Gasteiger partial charge in [-0.2, -0.15) is 0 Å². The zero-order valence-electron chi connectivity index (χ0n) is 10.4. The average Bonchev–Trinajstić information content (AvgIpc) is 2.78. The van der Waals surface area contributed by atoms with Gasteiger partial charge in [0, 0.05) is 30.3 Å². The Hall–Kier alpha value is -1.07. The summed E-state index contributed by atoms with van der Waals surface area (Å²) >= 11 is 1.79. The number of carbonyl (C=O) groups is 1. The first-order valence-corrected chi connectivity index (χ1v) is 7.21. The number of carboxylic acid groups (broad SMARTS) is 1. The molecule has 3 heterocycles. The van der Waals surface area contributed by atoms with Gasteiger partial charge in [0.05, 0.1) is 12.2 Å². The summed E-state index contributed by atoms with van der Waals surface area (Å²) in [5.74, 6) is 0. The van der Waals surface area contributed by atoms with Crippen molar-refractivity contribution in [2.24, 2.45) is 0 Å². The van der Waals surface area contributed by atoms with E-state index >= 15 is 0 Å². The number of rotatable bonds is 0. The van der Waals surface area contributed by atoms with Gasteiger partial charge in [-0.3, -0.25) is 0 Å². The van der Waals surface area contributed by atoms with E-state index in [1.807, 2.05) is 6.92 Å². The SMILES string of the molecule is C[C@H]1CC2(CCN1C(=O)O)OCCc1sccc12. The Balaban J connectivity index is 1.89. The lowest BCUT2D eigenvalue weighted by Crippen LogP contribution is -2.52. The summed E-state index contributed by atoms with van der Waals surface area (Å²) in [5, 5.41) is 11.3. The molecule has 1 aromatic heterocycles. The predicted molar refractivity (Wildman–Crippen MR) is 69.1 cm³/mol. The fraction of sp³-hybridized carbons (Fsp3) is 0.615. The van der Waals surface area contributed by atoms with Crippen molar-refractivity contribution in [3.05, 3.63) is 21.9 Å². The summed E-state index contributed by atoms with van der Waals surface area (Å²) in [5.41, 5.74) is 1.06. The number of nitrogens with zero attached hydrogens (tertiary/aromatic N) is 1. The summed E-state index contributed by atoms with van der Waals surface area (Å²) in [7, 11) is 0. The molecule has 1 aromatic rings. The molecule has 98 valence electrons. The molecule has 0 aromatic carbocycles. The van der Waals surface area contributed by atoms with Crippen molar-refractivity contribution in [2.45, 2.75) is 37.8 Å². The van der Waals surface area contributed by atoms with Gasteiger partial charge < -0.3 is 14.7 Å². The van der Waals surface area contributed by atoms with Gasteiger partial charge in [0.1, 0.15) is 0 Å². The molecule has 18 heavy (non-hydrogen) atoms. The lowest BCUT2D eigenvalue weighted by Gasteiger charge is -2.46. The van der Waals surface area contributed by atoms with Crippen LogP contribution < -0.4 is 0 Å². The molecule has 4 nitrogen and oxygen atoms in total. The highest BCUT2D eigenvalue weighted by Crippen LogP contribution is 2.44. The highest BCUT2D eigenvalue weighted by Gasteiger charge is 2.44. The van der Waals surface area contributed by atoms with Crippen LogP contribution in [0.15, 0.2) is 11.4 Å². The highest BCUT2D eigenvalue weighted by atomic mass is 32.1. The maximum Gasteiger partial charge on any atom is 0.407 e. The Labute approximate surface area is 110 Å². The van der Waals surface area contributed by atoms with E-state index in [9.17, 15) is 4.79 Å². The molecule has 0 radical (unpaired) electrons. The molecule has 1 spiro atoms. The molecule has 1 saturated heterocycles. The minimum absolute atomic E-state index is 0.0158. The minimum Gasteiger partial charge on any atom is -0.465 e. The van der Waals surface area contributed by atoms with Crippen LogP contribution in [0.3, 0.4) is 0 Å². The average molecular weight is 267 g/mol. The van der Waals surface area contributed by atoms with E-state index in [4.69, 9.17) is 9.84 Å². The van der Waals surface area contributed by atoms with Gasteiger partial charge in [-0.05, 0) is 30.4 Å². The molecule has 1 unspecified atom stereocenters. The van der Waals surface area contributed by atoms with Crippen molar-refractivity contribution in [2.75, 3.05) is 13.2 Å². The van der Waals surface area contributed by atoms with E-state index in [0.29, 0.717) is 6.54 Å². The smallest absolute Gasteiger partial charge is 0.407 e. The van der Waals surface area contributed by atoms with Crippen molar-refractivity contribution in [1.29, 1.82) is 0 Å². The second-order valence-corrected chi connectivity index (χ2v) is 6.13. The predicted octanol–water partition coefficient (Wildman–Crippen LogP) is 2.68. The number of thiophene rings is 1. The van der Waals surface area contributed by atoms with E-state index in [-0.39, 0.29) is 11.6 Å². The van der Waals surface area contributed by atoms with Crippen LogP contribution in [0.4, 0.5) is 4.79 Å². The lowest BCUT2D eigenvalue weighted by molar-refractivity contribution is -0.106. The summed E-state index contributed by atoms with van der Waals surface area (Å²) in [6.45, 7) is 3.29. The van der Waals surface area contributed by atoms with Gasteiger partial charge in [-0.1, -0.05) is 0 Å². The van der Waals surface area contributed by atoms with Crippen LogP contribution >= 0.6 is 11.3 Å². The number of hydrogen-bond donors (Lipinski definition) is 1. The van der Waals surface area contributed by atoms with E-state index < -0.39 is 6.09 Å². The third-order valence-electron chi connectivity index (χ3n) is 4.10. The van der Waals surface area contributed by atoms with Gasteiger partial charge in [0.15, 0.2) is 0 Å². The standard InChI is InChI=1S/C13H17NO3S/c1-9-8-13(4-5-14(9)12(15)16)10-3-7-18-11(10)2-6-17-13/h3,7,9H,2,4-6,8H2,1H3,(H,15,16)/t9-,13?/m0/s1. The first-order valence-electron chi connectivity index (χ1n) is 6.33. The third kappa shape index (κ3) is 1.73. The van der Waals surface area contributed by atoms with Crippen LogP contribution in [0.1, 0.15) is 30.2 Å². The molecule has 1 amide bonds. The Bertz CT molecular complexity index is 473. The quantitative estimate of drug-likeness (QED) is 0.786. The number of ether oxygens (including phenoxy) is 1.